The molecule has 0 aliphatic carbocycles. The number of benzene rings is 1. The number of carboxylic acid groups (broad SMARTS) is 1. The van der Waals surface area contributed by atoms with Crippen molar-refractivity contribution in [3.05, 3.63) is 41.6 Å². The van der Waals surface area contributed by atoms with Gasteiger partial charge in [0.25, 0.3) is 5.91 Å². The van der Waals surface area contributed by atoms with E-state index < -0.39 is 11.9 Å². The lowest BCUT2D eigenvalue weighted by molar-refractivity contribution is -0.112. The first-order valence-corrected chi connectivity index (χ1v) is 6.66. The Morgan fingerprint density at radius 2 is 2.00 bits per heavy atom. The minimum Gasteiger partial charge on any atom is -0.478 e. The van der Waals surface area contributed by atoms with Crippen LogP contribution in [0.25, 0.3) is 0 Å². The lowest BCUT2D eigenvalue weighted by Crippen LogP contribution is -2.17. The topological polar surface area (TPSA) is 102 Å². The second-order valence-corrected chi connectivity index (χ2v) is 4.38. The molecule has 0 radical (unpaired) electrons. The first-order chi connectivity index (χ1) is 10.1. The van der Waals surface area contributed by atoms with Gasteiger partial charge in [-0.1, -0.05) is 0 Å². The van der Waals surface area contributed by atoms with Crippen molar-refractivity contribution in [1.82, 2.24) is 5.32 Å². The third-order valence-corrected chi connectivity index (χ3v) is 2.72. The molecule has 0 saturated heterocycles. The molecule has 21 heavy (non-hydrogen) atoms. The van der Waals surface area contributed by atoms with Gasteiger partial charge in [-0.3, -0.25) is 4.79 Å². The number of halogens is 1. The monoisotopic (exact) mass is 307 g/mol. The number of rotatable bonds is 7. The standard InChI is InChI=1S/C14H14ClN3O3/c15-6-1-7-17-9-11(8-16)13(19)18-12-4-2-10(3-5-12)14(20)21/h2-5,9,17H,1,6-7H2,(H,18,19)(H,20,21)/b11-9-. The summed E-state index contributed by atoms with van der Waals surface area (Å²) in [5.41, 5.74) is 0.450. The highest BCUT2D eigenvalue weighted by atomic mass is 35.5. The Kier molecular flexibility index (Phi) is 6.78. The average molecular weight is 308 g/mol. The molecule has 0 saturated carbocycles. The maximum atomic E-state index is 11.8. The Hall–Kier alpha value is -2.52. The van der Waals surface area contributed by atoms with Gasteiger partial charge in [-0.25, -0.2) is 4.79 Å². The summed E-state index contributed by atoms with van der Waals surface area (Å²) >= 11 is 5.51. The maximum absolute atomic E-state index is 11.8. The fourth-order valence-electron chi connectivity index (χ4n) is 1.39. The number of alkyl halides is 1. The molecule has 0 aliphatic heterocycles. The summed E-state index contributed by atoms with van der Waals surface area (Å²) in [6, 6.07) is 7.43. The van der Waals surface area contributed by atoms with E-state index in [-0.39, 0.29) is 11.1 Å². The van der Waals surface area contributed by atoms with Gasteiger partial charge >= 0.3 is 5.97 Å². The molecule has 110 valence electrons. The quantitative estimate of drug-likeness (QED) is 0.309. The highest BCUT2D eigenvalue weighted by Crippen LogP contribution is 2.10. The van der Waals surface area contributed by atoms with Gasteiger partial charge in [0.2, 0.25) is 0 Å². The molecule has 1 aromatic rings. The molecule has 0 unspecified atom stereocenters. The fourth-order valence-corrected chi connectivity index (χ4v) is 1.52. The van der Waals surface area contributed by atoms with Crippen LogP contribution in [0.3, 0.4) is 0 Å². The van der Waals surface area contributed by atoms with Crippen LogP contribution in [-0.4, -0.2) is 29.4 Å². The second-order valence-electron chi connectivity index (χ2n) is 4.00. The van der Waals surface area contributed by atoms with Gasteiger partial charge in [0, 0.05) is 24.3 Å². The molecule has 0 aromatic heterocycles. The number of nitrogens with one attached hydrogen (secondary N) is 2. The van der Waals surface area contributed by atoms with Crippen molar-refractivity contribution in [2.45, 2.75) is 6.42 Å². The van der Waals surface area contributed by atoms with Crippen LogP contribution < -0.4 is 10.6 Å². The summed E-state index contributed by atoms with van der Waals surface area (Å²) in [7, 11) is 0. The molecule has 7 heteroatoms. The van der Waals surface area contributed by atoms with E-state index in [0.29, 0.717) is 18.1 Å². The predicted octanol–water partition coefficient (Wildman–Crippen LogP) is 1.95. The first kappa shape index (κ1) is 16.5. The highest BCUT2D eigenvalue weighted by molar-refractivity contribution is 6.17. The molecule has 1 rings (SSSR count). The first-order valence-electron chi connectivity index (χ1n) is 6.12. The van der Waals surface area contributed by atoms with Crippen LogP contribution in [0.2, 0.25) is 0 Å². The summed E-state index contributed by atoms with van der Waals surface area (Å²) in [5.74, 6) is -1.13. The fraction of sp³-hybridized carbons (Fsp3) is 0.214. The summed E-state index contributed by atoms with van der Waals surface area (Å²) in [4.78, 5) is 22.5. The molecule has 1 aromatic carbocycles. The van der Waals surface area contributed by atoms with E-state index in [1.165, 1.54) is 30.5 Å². The third kappa shape index (κ3) is 5.55. The van der Waals surface area contributed by atoms with E-state index in [0.717, 1.165) is 6.42 Å². The number of carbonyl (C=O) groups excluding carboxylic acids is 1. The number of carboxylic acids is 1. The van der Waals surface area contributed by atoms with Gasteiger partial charge in [0.1, 0.15) is 11.6 Å². The van der Waals surface area contributed by atoms with Crippen LogP contribution in [0.5, 0.6) is 0 Å². The van der Waals surface area contributed by atoms with Gasteiger partial charge in [-0.2, -0.15) is 5.26 Å². The number of anilines is 1. The summed E-state index contributed by atoms with van der Waals surface area (Å²) in [6.07, 6.45) is 2.04. The van der Waals surface area contributed by atoms with Crippen molar-refractivity contribution >= 4 is 29.2 Å². The van der Waals surface area contributed by atoms with Crippen LogP contribution in [0.15, 0.2) is 36.0 Å². The second kappa shape index (κ2) is 8.61. The largest absolute Gasteiger partial charge is 0.478 e. The summed E-state index contributed by atoms with van der Waals surface area (Å²) in [6.45, 7) is 0.565. The minimum atomic E-state index is -1.05. The maximum Gasteiger partial charge on any atom is 0.335 e. The van der Waals surface area contributed by atoms with E-state index in [4.69, 9.17) is 22.0 Å². The minimum absolute atomic E-state index is 0.0770. The number of carbonyl (C=O) groups is 2. The molecule has 0 bridgehead atoms. The molecule has 0 aliphatic rings. The molecular formula is C14H14ClN3O3. The smallest absolute Gasteiger partial charge is 0.335 e. The van der Waals surface area contributed by atoms with Gasteiger partial charge in [-0.15, -0.1) is 11.6 Å². The molecule has 3 N–H and O–H groups in total. The van der Waals surface area contributed by atoms with Crippen molar-refractivity contribution in [2.75, 3.05) is 17.7 Å². The van der Waals surface area contributed by atoms with E-state index in [1.807, 2.05) is 0 Å². The summed E-state index contributed by atoms with van der Waals surface area (Å²) < 4.78 is 0. The lowest BCUT2D eigenvalue weighted by atomic mass is 10.2. The number of nitriles is 1. The van der Waals surface area contributed by atoms with Gasteiger partial charge < -0.3 is 15.7 Å². The van der Waals surface area contributed by atoms with Gasteiger partial charge in [-0.05, 0) is 30.7 Å². The summed E-state index contributed by atoms with van der Waals surface area (Å²) in [5, 5.41) is 23.0. The van der Waals surface area contributed by atoms with Crippen LogP contribution >= 0.6 is 11.6 Å². The molecule has 0 heterocycles. The van der Waals surface area contributed by atoms with Crippen molar-refractivity contribution < 1.29 is 14.7 Å². The van der Waals surface area contributed by atoms with Crippen LogP contribution in [-0.2, 0) is 4.79 Å². The molecule has 0 fully saturated rings. The Morgan fingerprint density at radius 1 is 1.33 bits per heavy atom. The van der Waals surface area contributed by atoms with Gasteiger partial charge in [0.15, 0.2) is 0 Å². The molecule has 0 atom stereocenters. The SMILES string of the molecule is N#C/C(=C/NCCCCl)C(=O)Nc1ccc(C(=O)O)cc1. The van der Waals surface area contributed by atoms with E-state index in [2.05, 4.69) is 10.6 Å². The Morgan fingerprint density at radius 3 is 2.52 bits per heavy atom. The number of hydrogen-bond donors (Lipinski definition) is 3. The normalized spacial score (nSPS) is 10.6. The van der Waals surface area contributed by atoms with Crippen molar-refractivity contribution in [1.29, 1.82) is 5.26 Å². The number of hydrogen-bond acceptors (Lipinski definition) is 4. The Bertz CT molecular complexity index is 576. The van der Waals surface area contributed by atoms with Crippen LogP contribution in [0.4, 0.5) is 5.69 Å². The molecule has 1 amide bonds. The molecular weight excluding hydrogens is 294 g/mol. The zero-order chi connectivity index (χ0) is 15.7. The zero-order valence-electron chi connectivity index (χ0n) is 11.1. The molecule has 6 nitrogen and oxygen atoms in total. The lowest BCUT2D eigenvalue weighted by Gasteiger charge is -2.05. The van der Waals surface area contributed by atoms with Crippen LogP contribution in [0, 0.1) is 11.3 Å². The van der Waals surface area contributed by atoms with Crippen LogP contribution in [0.1, 0.15) is 16.8 Å². The Labute approximate surface area is 127 Å². The number of nitrogens with zero attached hydrogens (tertiary/aromatic N) is 1. The number of amides is 1. The average Bonchev–Trinajstić information content (AvgIpc) is 2.47. The predicted molar refractivity (Wildman–Crippen MR) is 79.1 cm³/mol. The van der Waals surface area contributed by atoms with Crippen molar-refractivity contribution in [2.24, 2.45) is 0 Å². The van der Waals surface area contributed by atoms with E-state index in [1.54, 1.807) is 6.07 Å². The number of aromatic carboxylic acids is 1. The molecule has 0 spiro atoms. The van der Waals surface area contributed by atoms with Crippen molar-refractivity contribution in [3.8, 4) is 6.07 Å². The van der Waals surface area contributed by atoms with Gasteiger partial charge in [0.05, 0.1) is 5.56 Å². The zero-order valence-corrected chi connectivity index (χ0v) is 11.9. The van der Waals surface area contributed by atoms with E-state index in [9.17, 15) is 9.59 Å². The Balaban J connectivity index is 2.65. The van der Waals surface area contributed by atoms with Crippen molar-refractivity contribution in [3.63, 3.8) is 0 Å². The third-order valence-electron chi connectivity index (χ3n) is 2.46. The van der Waals surface area contributed by atoms with E-state index >= 15 is 0 Å². The highest BCUT2D eigenvalue weighted by Gasteiger charge is 2.09.